The molecule has 0 radical (unpaired) electrons. The van der Waals surface area contributed by atoms with Crippen LogP contribution in [0.2, 0.25) is 0 Å². The maximum absolute atomic E-state index is 9.25. The molecule has 2 heteroatoms. The van der Waals surface area contributed by atoms with E-state index in [9.17, 15) is 5.11 Å². The molecule has 0 fully saturated rings. The molecule has 2 aromatic carbocycles. The van der Waals surface area contributed by atoms with Gasteiger partial charge >= 0.3 is 0 Å². The molecule has 0 spiro atoms. The van der Waals surface area contributed by atoms with E-state index in [0.29, 0.717) is 0 Å². The van der Waals surface area contributed by atoms with E-state index in [1.165, 1.54) is 10.8 Å². The average molecular weight is 229 g/mol. The largest absolute Gasteiger partial charge is 0.396 e. The molecule has 0 bridgehead atoms. The van der Waals surface area contributed by atoms with Gasteiger partial charge in [0.2, 0.25) is 0 Å². The van der Waals surface area contributed by atoms with Crippen LogP contribution in [0.25, 0.3) is 10.8 Å². The monoisotopic (exact) mass is 229 g/mol. The molecule has 2 N–H and O–H groups in total. The predicted molar refractivity (Wildman–Crippen MR) is 73.3 cm³/mol. The van der Waals surface area contributed by atoms with Crippen LogP contribution in [0.15, 0.2) is 42.5 Å². The van der Waals surface area contributed by atoms with Gasteiger partial charge in [0.15, 0.2) is 0 Å². The van der Waals surface area contributed by atoms with E-state index in [-0.39, 0.29) is 12.0 Å². The number of aliphatic hydroxyl groups excluding tert-OH is 1. The molecular formula is C15H19NO. The maximum Gasteiger partial charge on any atom is 0.0498 e. The summed E-state index contributed by atoms with van der Waals surface area (Å²) in [5.41, 5.74) is 1.03. The number of nitrogens with one attached hydrogen (secondary N) is 1. The SMILES string of the molecule is CC(C)(CO)CNc1cccc2ccccc12. The Hall–Kier alpha value is -1.54. The Bertz CT molecular complexity index is 500. The number of fused-ring (bicyclic) bond motifs is 1. The van der Waals surface area contributed by atoms with Crippen molar-refractivity contribution in [3.63, 3.8) is 0 Å². The Labute approximate surface area is 102 Å². The summed E-state index contributed by atoms with van der Waals surface area (Å²) >= 11 is 0. The lowest BCUT2D eigenvalue weighted by atomic mass is 9.94. The van der Waals surface area contributed by atoms with Crippen molar-refractivity contribution >= 4 is 16.5 Å². The molecule has 0 aliphatic carbocycles. The second kappa shape index (κ2) is 4.76. The zero-order chi connectivity index (χ0) is 12.3. The third kappa shape index (κ3) is 2.77. The first-order chi connectivity index (χ1) is 8.12. The van der Waals surface area contributed by atoms with Crippen LogP contribution >= 0.6 is 0 Å². The normalized spacial score (nSPS) is 11.7. The van der Waals surface area contributed by atoms with E-state index >= 15 is 0 Å². The van der Waals surface area contributed by atoms with E-state index in [0.717, 1.165) is 12.2 Å². The van der Waals surface area contributed by atoms with Crippen molar-refractivity contribution in [1.82, 2.24) is 0 Å². The molecule has 0 amide bonds. The molecule has 17 heavy (non-hydrogen) atoms. The second-order valence-electron chi connectivity index (χ2n) is 5.20. The van der Waals surface area contributed by atoms with Crippen LogP contribution in [0, 0.1) is 5.41 Å². The van der Waals surface area contributed by atoms with Gasteiger partial charge in [0.05, 0.1) is 0 Å². The topological polar surface area (TPSA) is 32.3 Å². The summed E-state index contributed by atoms with van der Waals surface area (Å²) in [6.45, 7) is 5.04. The number of rotatable bonds is 4. The second-order valence-corrected chi connectivity index (χ2v) is 5.20. The highest BCUT2D eigenvalue weighted by atomic mass is 16.3. The third-order valence-corrected chi connectivity index (χ3v) is 2.98. The molecule has 90 valence electrons. The standard InChI is InChI=1S/C15H19NO/c1-15(2,11-17)10-16-14-9-5-7-12-6-3-4-8-13(12)14/h3-9,16-17H,10-11H2,1-2H3. The Morgan fingerprint density at radius 3 is 2.53 bits per heavy atom. The molecule has 0 saturated heterocycles. The van der Waals surface area contributed by atoms with Gasteiger partial charge in [-0.2, -0.15) is 0 Å². The fourth-order valence-electron chi connectivity index (χ4n) is 1.77. The van der Waals surface area contributed by atoms with Gasteiger partial charge in [0.1, 0.15) is 0 Å². The van der Waals surface area contributed by atoms with E-state index in [1.807, 2.05) is 26.0 Å². The summed E-state index contributed by atoms with van der Waals surface area (Å²) in [6, 6.07) is 14.6. The highest BCUT2D eigenvalue weighted by Gasteiger charge is 2.16. The van der Waals surface area contributed by atoms with Gasteiger partial charge in [-0.25, -0.2) is 0 Å². The van der Waals surface area contributed by atoms with E-state index in [4.69, 9.17) is 0 Å². The molecule has 0 heterocycles. The Balaban J connectivity index is 2.24. The molecule has 0 aromatic heterocycles. The molecule has 0 aliphatic heterocycles. The first-order valence-corrected chi connectivity index (χ1v) is 5.95. The fraction of sp³-hybridized carbons (Fsp3) is 0.333. The zero-order valence-corrected chi connectivity index (χ0v) is 10.4. The summed E-state index contributed by atoms with van der Waals surface area (Å²) in [5.74, 6) is 0. The highest BCUT2D eigenvalue weighted by molar-refractivity contribution is 5.93. The molecular weight excluding hydrogens is 210 g/mol. The summed E-state index contributed by atoms with van der Waals surface area (Å²) in [7, 11) is 0. The van der Waals surface area contributed by atoms with Gasteiger partial charge in [0.25, 0.3) is 0 Å². The lowest BCUT2D eigenvalue weighted by Crippen LogP contribution is -2.26. The molecule has 0 unspecified atom stereocenters. The van der Waals surface area contributed by atoms with Crippen LogP contribution in [-0.4, -0.2) is 18.3 Å². The third-order valence-electron chi connectivity index (χ3n) is 2.98. The van der Waals surface area contributed by atoms with Gasteiger partial charge < -0.3 is 10.4 Å². The average Bonchev–Trinajstić information content (AvgIpc) is 2.36. The number of aliphatic hydroxyl groups is 1. The molecule has 2 rings (SSSR count). The van der Waals surface area contributed by atoms with Crippen molar-refractivity contribution in [3.05, 3.63) is 42.5 Å². The van der Waals surface area contributed by atoms with Crippen molar-refractivity contribution in [3.8, 4) is 0 Å². The number of benzene rings is 2. The molecule has 2 nitrogen and oxygen atoms in total. The first-order valence-electron chi connectivity index (χ1n) is 5.95. The van der Waals surface area contributed by atoms with Crippen molar-refractivity contribution in [2.24, 2.45) is 5.41 Å². The minimum Gasteiger partial charge on any atom is -0.396 e. The van der Waals surface area contributed by atoms with Gasteiger partial charge in [-0.1, -0.05) is 50.2 Å². The summed E-state index contributed by atoms with van der Waals surface area (Å²) in [4.78, 5) is 0. The number of hydrogen-bond acceptors (Lipinski definition) is 2. The van der Waals surface area contributed by atoms with Crippen LogP contribution in [0.4, 0.5) is 5.69 Å². The van der Waals surface area contributed by atoms with E-state index in [1.54, 1.807) is 0 Å². The molecule has 0 saturated carbocycles. The van der Waals surface area contributed by atoms with Crippen molar-refractivity contribution < 1.29 is 5.11 Å². The lowest BCUT2D eigenvalue weighted by Gasteiger charge is -2.23. The Morgan fingerprint density at radius 2 is 1.76 bits per heavy atom. The lowest BCUT2D eigenvalue weighted by molar-refractivity contribution is 0.171. The first kappa shape index (κ1) is 11.9. The molecule has 2 aromatic rings. The summed E-state index contributed by atoms with van der Waals surface area (Å²) in [6.07, 6.45) is 0. The minimum atomic E-state index is -0.100. The van der Waals surface area contributed by atoms with Gasteiger partial charge in [-0.3, -0.25) is 0 Å². The Morgan fingerprint density at radius 1 is 1.06 bits per heavy atom. The van der Waals surface area contributed by atoms with Crippen LogP contribution in [0.3, 0.4) is 0 Å². The van der Waals surface area contributed by atoms with Gasteiger partial charge in [-0.15, -0.1) is 0 Å². The maximum atomic E-state index is 9.25. The van der Waals surface area contributed by atoms with Crippen molar-refractivity contribution in [2.75, 3.05) is 18.5 Å². The summed E-state index contributed by atoms with van der Waals surface area (Å²) in [5, 5.41) is 15.1. The van der Waals surface area contributed by atoms with Crippen LogP contribution < -0.4 is 5.32 Å². The summed E-state index contributed by atoms with van der Waals surface area (Å²) < 4.78 is 0. The Kier molecular flexibility index (Phi) is 3.34. The quantitative estimate of drug-likeness (QED) is 0.843. The molecule has 0 atom stereocenters. The number of hydrogen-bond donors (Lipinski definition) is 2. The van der Waals surface area contributed by atoms with Crippen LogP contribution in [0.5, 0.6) is 0 Å². The predicted octanol–water partition coefficient (Wildman–Crippen LogP) is 3.27. The van der Waals surface area contributed by atoms with Crippen LogP contribution in [0.1, 0.15) is 13.8 Å². The van der Waals surface area contributed by atoms with Crippen LogP contribution in [-0.2, 0) is 0 Å². The van der Waals surface area contributed by atoms with E-state index in [2.05, 4.69) is 35.6 Å². The molecule has 0 aliphatic rings. The zero-order valence-electron chi connectivity index (χ0n) is 10.4. The van der Waals surface area contributed by atoms with Gasteiger partial charge in [-0.05, 0) is 11.5 Å². The fourth-order valence-corrected chi connectivity index (χ4v) is 1.77. The van der Waals surface area contributed by atoms with Gasteiger partial charge in [0, 0.05) is 29.6 Å². The van der Waals surface area contributed by atoms with Crippen molar-refractivity contribution in [1.29, 1.82) is 0 Å². The van der Waals surface area contributed by atoms with E-state index < -0.39 is 0 Å². The van der Waals surface area contributed by atoms with Crippen molar-refractivity contribution in [2.45, 2.75) is 13.8 Å². The number of anilines is 1. The smallest absolute Gasteiger partial charge is 0.0498 e. The minimum absolute atomic E-state index is 0.100. The highest BCUT2D eigenvalue weighted by Crippen LogP contribution is 2.24.